The molecule has 0 aliphatic carbocycles. The molecule has 2 aromatic rings. The van der Waals surface area contributed by atoms with Crippen LogP contribution in [-0.4, -0.2) is 21.4 Å². The molecule has 0 spiro atoms. The second-order valence-corrected chi connectivity index (χ2v) is 7.53. The normalized spacial score (nSPS) is 12.5. The van der Waals surface area contributed by atoms with Crippen LogP contribution in [0.3, 0.4) is 0 Å². The summed E-state index contributed by atoms with van der Waals surface area (Å²) in [5.74, 6) is 0.0403. The molecule has 2 N–H and O–H groups in total. The van der Waals surface area contributed by atoms with E-state index in [-0.39, 0.29) is 16.5 Å². The van der Waals surface area contributed by atoms with Gasteiger partial charge >= 0.3 is 0 Å². The van der Waals surface area contributed by atoms with E-state index in [0.29, 0.717) is 16.3 Å². The first kappa shape index (κ1) is 19.2. The Kier molecular flexibility index (Phi) is 6.05. The van der Waals surface area contributed by atoms with Gasteiger partial charge in [-0.15, -0.1) is 0 Å². The Hall–Kier alpha value is -2.09. The van der Waals surface area contributed by atoms with Gasteiger partial charge in [0, 0.05) is 18.0 Å². The quantitative estimate of drug-likeness (QED) is 0.802. The molecule has 1 atom stereocenters. The number of anilines is 1. The third-order valence-corrected chi connectivity index (χ3v) is 5.38. The van der Waals surface area contributed by atoms with Gasteiger partial charge in [-0.1, -0.05) is 29.8 Å². The zero-order valence-corrected chi connectivity index (χ0v) is 15.6. The molecule has 134 valence electrons. The van der Waals surface area contributed by atoms with Gasteiger partial charge in [-0.05, 0) is 36.8 Å². The first-order chi connectivity index (χ1) is 11.7. The van der Waals surface area contributed by atoms with Crippen LogP contribution in [-0.2, 0) is 14.8 Å². The molecule has 6 nitrogen and oxygen atoms in total. The lowest BCUT2D eigenvalue weighted by Crippen LogP contribution is -2.27. The topological polar surface area (TPSA) is 84.5 Å². The first-order valence-electron chi connectivity index (χ1n) is 7.47. The Labute approximate surface area is 152 Å². The molecule has 0 aromatic heterocycles. The van der Waals surface area contributed by atoms with Crippen molar-refractivity contribution < 1.29 is 17.9 Å². The third kappa shape index (κ3) is 4.72. The van der Waals surface area contributed by atoms with Crippen molar-refractivity contribution >= 4 is 33.2 Å². The molecule has 0 aliphatic rings. The maximum atomic E-state index is 12.7. The molecule has 0 radical (unpaired) electrons. The predicted molar refractivity (Wildman–Crippen MR) is 97.5 cm³/mol. The van der Waals surface area contributed by atoms with Crippen LogP contribution >= 0.6 is 11.6 Å². The number of nitrogens with one attached hydrogen (secondary N) is 2. The summed E-state index contributed by atoms with van der Waals surface area (Å²) < 4.78 is 33.0. The number of hydrogen-bond donors (Lipinski definition) is 2. The molecule has 0 bridgehead atoms. The van der Waals surface area contributed by atoms with E-state index in [2.05, 4.69) is 10.0 Å². The summed E-state index contributed by atoms with van der Waals surface area (Å²) in [6.45, 7) is 3.04. The van der Waals surface area contributed by atoms with E-state index in [0.717, 1.165) is 0 Å². The minimum atomic E-state index is -3.82. The lowest BCUT2D eigenvalue weighted by atomic mass is 10.1. The van der Waals surface area contributed by atoms with E-state index in [1.807, 2.05) is 0 Å². The Balaban J connectivity index is 2.33. The molecule has 25 heavy (non-hydrogen) atoms. The molecule has 0 heterocycles. The summed E-state index contributed by atoms with van der Waals surface area (Å²) >= 11 is 6.12. The number of methoxy groups -OCH3 is 1. The fraction of sp³-hybridized carbons (Fsp3) is 0.235. The van der Waals surface area contributed by atoms with Gasteiger partial charge in [-0.3, -0.25) is 4.79 Å². The second kappa shape index (κ2) is 7.86. The van der Waals surface area contributed by atoms with Crippen LogP contribution in [0.15, 0.2) is 47.4 Å². The van der Waals surface area contributed by atoms with Gasteiger partial charge in [0.05, 0.1) is 17.7 Å². The Bertz CT molecular complexity index is 884. The van der Waals surface area contributed by atoms with Crippen molar-refractivity contribution in [3.05, 3.63) is 53.1 Å². The van der Waals surface area contributed by atoms with Crippen molar-refractivity contribution in [3.8, 4) is 5.75 Å². The maximum absolute atomic E-state index is 12.7. The number of carbonyl (C=O) groups excluding carboxylic acids is 1. The molecule has 0 fully saturated rings. The number of ether oxygens (including phenoxy) is 1. The highest BCUT2D eigenvalue weighted by Gasteiger charge is 2.21. The van der Waals surface area contributed by atoms with Crippen LogP contribution in [0.5, 0.6) is 5.75 Å². The average Bonchev–Trinajstić information content (AvgIpc) is 2.54. The number of halogens is 1. The van der Waals surface area contributed by atoms with Crippen LogP contribution in [0.2, 0.25) is 5.02 Å². The standard InChI is InChI=1S/C17H19ClN2O4S/c1-11(14-6-4-5-7-15(14)18)20-25(22,23)13-8-9-17(24-3)16(10-13)19-12(2)21/h4-11,20H,1-3H3,(H,19,21)/t11-/m1/s1. The van der Waals surface area contributed by atoms with E-state index in [1.54, 1.807) is 31.2 Å². The molecule has 1 amide bonds. The van der Waals surface area contributed by atoms with Crippen LogP contribution in [0.1, 0.15) is 25.5 Å². The highest BCUT2D eigenvalue weighted by atomic mass is 35.5. The Morgan fingerprint density at radius 3 is 2.48 bits per heavy atom. The average molecular weight is 383 g/mol. The van der Waals surface area contributed by atoms with Crippen LogP contribution < -0.4 is 14.8 Å². The number of sulfonamides is 1. The van der Waals surface area contributed by atoms with E-state index in [4.69, 9.17) is 16.3 Å². The number of amides is 1. The van der Waals surface area contributed by atoms with Gasteiger partial charge in [0.1, 0.15) is 5.75 Å². The number of carbonyl (C=O) groups is 1. The van der Waals surface area contributed by atoms with Gasteiger partial charge in [-0.2, -0.15) is 0 Å². The SMILES string of the molecule is COc1ccc(S(=O)(=O)N[C@H](C)c2ccccc2Cl)cc1NC(C)=O. The number of benzene rings is 2. The van der Waals surface area contributed by atoms with Crippen molar-refractivity contribution in [2.24, 2.45) is 0 Å². The summed E-state index contributed by atoms with van der Waals surface area (Å²) in [6.07, 6.45) is 0. The van der Waals surface area contributed by atoms with Crippen LogP contribution in [0, 0.1) is 0 Å². The van der Waals surface area contributed by atoms with Crippen molar-refractivity contribution in [1.82, 2.24) is 4.72 Å². The number of hydrogen-bond acceptors (Lipinski definition) is 4. The van der Waals surface area contributed by atoms with Gasteiger partial charge in [0.2, 0.25) is 15.9 Å². The lowest BCUT2D eigenvalue weighted by Gasteiger charge is -2.17. The van der Waals surface area contributed by atoms with Crippen molar-refractivity contribution in [1.29, 1.82) is 0 Å². The fourth-order valence-corrected chi connectivity index (χ4v) is 3.88. The van der Waals surface area contributed by atoms with E-state index in [1.165, 1.54) is 32.2 Å². The highest BCUT2D eigenvalue weighted by molar-refractivity contribution is 7.89. The molecule has 8 heteroatoms. The van der Waals surface area contributed by atoms with Gasteiger partial charge in [0.25, 0.3) is 0 Å². The monoisotopic (exact) mass is 382 g/mol. The minimum Gasteiger partial charge on any atom is -0.495 e. The highest BCUT2D eigenvalue weighted by Crippen LogP contribution is 2.29. The molecule has 0 saturated carbocycles. The predicted octanol–water partition coefficient (Wildman–Crippen LogP) is 3.35. The molecule has 0 saturated heterocycles. The first-order valence-corrected chi connectivity index (χ1v) is 9.33. The maximum Gasteiger partial charge on any atom is 0.241 e. The third-order valence-electron chi connectivity index (χ3n) is 3.50. The van der Waals surface area contributed by atoms with E-state index < -0.39 is 16.1 Å². The van der Waals surface area contributed by atoms with Gasteiger partial charge < -0.3 is 10.1 Å². The van der Waals surface area contributed by atoms with Crippen molar-refractivity contribution in [2.75, 3.05) is 12.4 Å². The smallest absolute Gasteiger partial charge is 0.241 e. The summed E-state index contributed by atoms with van der Waals surface area (Å²) in [4.78, 5) is 11.3. The van der Waals surface area contributed by atoms with E-state index in [9.17, 15) is 13.2 Å². The molecule has 0 aliphatic heterocycles. The molecular formula is C17H19ClN2O4S. The summed E-state index contributed by atoms with van der Waals surface area (Å²) in [7, 11) is -2.39. The summed E-state index contributed by atoms with van der Waals surface area (Å²) in [5.41, 5.74) is 0.951. The molecule has 0 unspecified atom stereocenters. The van der Waals surface area contributed by atoms with Gasteiger partial charge in [-0.25, -0.2) is 13.1 Å². The van der Waals surface area contributed by atoms with E-state index >= 15 is 0 Å². The zero-order valence-electron chi connectivity index (χ0n) is 14.0. The second-order valence-electron chi connectivity index (χ2n) is 5.41. The molecular weight excluding hydrogens is 364 g/mol. The summed E-state index contributed by atoms with van der Waals surface area (Å²) in [5, 5.41) is 3.03. The minimum absolute atomic E-state index is 0.0101. The lowest BCUT2D eigenvalue weighted by molar-refractivity contribution is -0.114. The molecule has 2 rings (SSSR count). The van der Waals surface area contributed by atoms with Gasteiger partial charge in [0.15, 0.2) is 0 Å². The Morgan fingerprint density at radius 1 is 1.20 bits per heavy atom. The fourth-order valence-electron chi connectivity index (χ4n) is 2.33. The van der Waals surface area contributed by atoms with Crippen molar-refractivity contribution in [3.63, 3.8) is 0 Å². The summed E-state index contributed by atoms with van der Waals surface area (Å²) in [6, 6.07) is 10.7. The van der Waals surface area contributed by atoms with Crippen LogP contribution in [0.25, 0.3) is 0 Å². The Morgan fingerprint density at radius 2 is 1.88 bits per heavy atom. The number of rotatable bonds is 6. The van der Waals surface area contributed by atoms with Crippen molar-refractivity contribution in [2.45, 2.75) is 24.8 Å². The molecule has 2 aromatic carbocycles. The van der Waals surface area contributed by atoms with Crippen LogP contribution in [0.4, 0.5) is 5.69 Å². The largest absolute Gasteiger partial charge is 0.495 e. The zero-order chi connectivity index (χ0) is 18.6.